The van der Waals surface area contributed by atoms with Gasteiger partial charge in [-0.3, -0.25) is 9.52 Å². The fourth-order valence-electron chi connectivity index (χ4n) is 1.35. The number of hydrogen-bond donors (Lipinski definition) is 2. The minimum Gasteiger partial charge on any atom is -0.324 e. The fourth-order valence-corrected chi connectivity index (χ4v) is 2.75. The molecule has 0 atom stereocenters. The quantitative estimate of drug-likeness (QED) is 0.791. The molecule has 0 aliphatic heterocycles. The molecule has 0 saturated heterocycles. The highest BCUT2D eigenvalue weighted by molar-refractivity contribution is 7.92. The lowest BCUT2D eigenvalue weighted by Gasteiger charge is -2.10. The molecule has 0 saturated carbocycles. The Labute approximate surface area is 116 Å². The van der Waals surface area contributed by atoms with Crippen molar-refractivity contribution in [3.8, 4) is 0 Å². The van der Waals surface area contributed by atoms with Gasteiger partial charge in [-0.1, -0.05) is 0 Å². The Bertz CT molecular complexity index is 563. The van der Waals surface area contributed by atoms with E-state index in [-0.39, 0.29) is 23.0 Å². The standard InChI is InChI=1S/C11H14ClFN2O3S/c1-8(16)14-11-7-9(3-4-10(11)13)15-19(17,18)6-2-5-12/h3-4,7,15H,2,5-6H2,1H3,(H,14,16). The first-order valence-corrected chi connectivity index (χ1v) is 7.66. The van der Waals surface area contributed by atoms with Gasteiger partial charge in [0, 0.05) is 12.8 Å². The Morgan fingerprint density at radius 1 is 1.42 bits per heavy atom. The molecule has 0 heterocycles. The van der Waals surface area contributed by atoms with Gasteiger partial charge >= 0.3 is 0 Å². The summed E-state index contributed by atoms with van der Waals surface area (Å²) in [5.74, 6) is -0.967. The van der Waals surface area contributed by atoms with Crippen LogP contribution in [0.15, 0.2) is 18.2 Å². The molecule has 1 amide bonds. The smallest absolute Gasteiger partial charge is 0.232 e. The van der Waals surface area contributed by atoms with Crippen molar-refractivity contribution in [2.45, 2.75) is 13.3 Å². The summed E-state index contributed by atoms with van der Waals surface area (Å²) >= 11 is 5.42. The number of amides is 1. The number of carbonyl (C=O) groups excluding carboxylic acids is 1. The van der Waals surface area contributed by atoms with Crippen LogP contribution < -0.4 is 10.0 Å². The maximum Gasteiger partial charge on any atom is 0.232 e. The second-order valence-corrected chi connectivity index (χ2v) is 6.06. The topological polar surface area (TPSA) is 75.3 Å². The van der Waals surface area contributed by atoms with Gasteiger partial charge < -0.3 is 5.32 Å². The lowest BCUT2D eigenvalue weighted by molar-refractivity contribution is -0.114. The number of sulfonamides is 1. The molecule has 0 bridgehead atoms. The van der Waals surface area contributed by atoms with E-state index in [0.29, 0.717) is 6.42 Å². The van der Waals surface area contributed by atoms with Crippen molar-refractivity contribution >= 4 is 38.9 Å². The summed E-state index contributed by atoms with van der Waals surface area (Å²) in [5, 5.41) is 2.27. The molecule has 0 fully saturated rings. The Morgan fingerprint density at radius 3 is 2.68 bits per heavy atom. The Balaban J connectivity index is 2.87. The maximum atomic E-state index is 13.4. The molecule has 0 aliphatic rings. The van der Waals surface area contributed by atoms with Gasteiger partial charge in [0.05, 0.1) is 17.1 Å². The van der Waals surface area contributed by atoms with E-state index in [4.69, 9.17) is 11.6 Å². The zero-order chi connectivity index (χ0) is 14.5. The second kappa shape index (κ2) is 6.72. The number of halogens is 2. The Kier molecular flexibility index (Phi) is 5.56. The second-order valence-electron chi connectivity index (χ2n) is 3.84. The zero-order valence-electron chi connectivity index (χ0n) is 10.2. The SMILES string of the molecule is CC(=O)Nc1cc(NS(=O)(=O)CCCCl)ccc1F. The van der Waals surface area contributed by atoms with Crippen LogP contribution in [-0.2, 0) is 14.8 Å². The lowest BCUT2D eigenvalue weighted by Crippen LogP contribution is -2.17. The molecule has 19 heavy (non-hydrogen) atoms. The van der Waals surface area contributed by atoms with Crippen molar-refractivity contribution < 1.29 is 17.6 Å². The van der Waals surface area contributed by atoms with Crippen LogP contribution in [0, 0.1) is 5.82 Å². The number of anilines is 2. The molecule has 0 spiro atoms. The van der Waals surface area contributed by atoms with Gasteiger partial charge in [-0.05, 0) is 24.6 Å². The summed E-state index contributed by atoms with van der Waals surface area (Å²) in [6.45, 7) is 1.23. The molecule has 1 aromatic rings. The van der Waals surface area contributed by atoms with Gasteiger partial charge in [-0.2, -0.15) is 0 Å². The third-order valence-corrected chi connectivity index (χ3v) is 3.74. The Morgan fingerprint density at radius 2 is 2.11 bits per heavy atom. The van der Waals surface area contributed by atoms with Crippen LogP contribution >= 0.6 is 11.6 Å². The normalized spacial score (nSPS) is 11.1. The molecule has 2 N–H and O–H groups in total. The van der Waals surface area contributed by atoms with Gasteiger partial charge in [-0.15, -0.1) is 11.6 Å². The minimum absolute atomic E-state index is 0.0787. The molecular weight excluding hydrogens is 295 g/mol. The molecule has 106 valence electrons. The van der Waals surface area contributed by atoms with Crippen molar-refractivity contribution in [2.24, 2.45) is 0 Å². The molecule has 5 nitrogen and oxygen atoms in total. The van der Waals surface area contributed by atoms with E-state index >= 15 is 0 Å². The summed E-state index contributed by atoms with van der Waals surface area (Å²) in [5.41, 5.74) is 0.102. The predicted octanol–water partition coefficient (Wildman–Crippen LogP) is 2.15. The van der Waals surface area contributed by atoms with Crippen molar-refractivity contribution in [2.75, 3.05) is 21.7 Å². The third kappa shape index (κ3) is 5.44. The third-order valence-electron chi connectivity index (χ3n) is 2.10. The molecule has 1 rings (SSSR count). The van der Waals surface area contributed by atoms with Crippen LogP contribution in [0.5, 0.6) is 0 Å². The van der Waals surface area contributed by atoms with Crippen molar-refractivity contribution in [3.05, 3.63) is 24.0 Å². The summed E-state index contributed by atoms with van der Waals surface area (Å²) in [7, 11) is -3.52. The van der Waals surface area contributed by atoms with Crippen LogP contribution in [0.25, 0.3) is 0 Å². The molecule has 0 aromatic heterocycles. The van der Waals surface area contributed by atoms with E-state index in [0.717, 1.165) is 6.07 Å². The van der Waals surface area contributed by atoms with Gasteiger partial charge in [-0.25, -0.2) is 12.8 Å². The van der Waals surface area contributed by atoms with Crippen molar-refractivity contribution in [1.82, 2.24) is 0 Å². The largest absolute Gasteiger partial charge is 0.324 e. The van der Waals surface area contributed by atoms with Crippen LogP contribution in [0.2, 0.25) is 0 Å². The number of hydrogen-bond acceptors (Lipinski definition) is 3. The first-order valence-electron chi connectivity index (χ1n) is 5.47. The van der Waals surface area contributed by atoms with Crippen LogP contribution in [0.1, 0.15) is 13.3 Å². The average molecular weight is 309 g/mol. The molecule has 0 aliphatic carbocycles. The van der Waals surface area contributed by atoms with Crippen LogP contribution in [0.4, 0.5) is 15.8 Å². The number of alkyl halides is 1. The lowest BCUT2D eigenvalue weighted by atomic mass is 10.2. The Hall–Kier alpha value is -1.34. The molecule has 1 aromatic carbocycles. The highest BCUT2D eigenvalue weighted by Gasteiger charge is 2.12. The predicted molar refractivity (Wildman–Crippen MR) is 73.5 cm³/mol. The summed E-state index contributed by atoms with van der Waals surface area (Å²) in [4.78, 5) is 10.9. The van der Waals surface area contributed by atoms with Crippen molar-refractivity contribution in [3.63, 3.8) is 0 Å². The molecule has 0 unspecified atom stereocenters. The number of carbonyl (C=O) groups is 1. The number of benzene rings is 1. The van der Waals surface area contributed by atoms with E-state index < -0.39 is 21.7 Å². The van der Waals surface area contributed by atoms with E-state index in [2.05, 4.69) is 10.0 Å². The maximum absolute atomic E-state index is 13.4. The van der Waals surface area contributed by atoms with E-state index in [1.54, 1.807) is 0 Å². The first kappa shape index (κ1) is 15.7. The van der Waals surface area contributed by atoms with Gasteiger partial charge in [0.1, 0.15) is 5.82 Å². The zero-order valence-corrected chi connectivity index (χ0v) is 11.8. The van der Waals surface area contributed by atoms with E-state index in [1.165, 1.54) is 19.1 Å². The van der Waals surface area contributed by atoms with E-state index in [9.17, 15) is 17.6 Å². The van der Waals surface area contributed by atoms with Gasteiger partial charge in [0.25, 0.3) is 0 Å². The average Bonchev–Trinajstić information content (AvgIpc) is 2.30. The van der Waals surface area contributed by atoms with Crippen molar-refractivity contribution in [1.29, 1.82) is 0 Å². The van der Waals surface area contributed by atoms with Crippen LogP contribution in [0.3, 0.4) is 0 Å². The molecular formula is C11H14ClFN2O3S. The summed E-state index contributed by atoms with van der Waals surface area (Å²) in [6.07, 6.45) is 0.316. The highest BCUT2D eigenvalue weighted by atomic mass is 35.5. The fraction of sp³-hybridized carbons (Fsp3) is 0.364. The van der Waals surface area contributed by atoms with Gasteiger partial charge in [0.2, 0.25) is 15.9 Å². The minimum atomic E-state index is -3.52. The van der Waals surface area contributed by atoms with E-state index in [1.807, 2.05) is 0 Å². The van der Waals surface area contributed by atoms with Crippen LogP contribution in [-0.4, -0.2) is 26.0 Å². The first-order chi connectivity index (χ1) is 8.84. The molecule has 0 radical (unpaired) electrons. The monoisotopic (exact) mass is 308 g/mol. The number of rotatable bonds is 6. The number of nitrogens with one attached hydrogen (secondary N) is 2. The highest BCUT2D eigenvalue weighted by Crippen LogP contribution is 2.20. The summed E-state index contributed by atoms with van der Waals surface area (Å²) in [6, 6.07) is 3.57. The molecule has 8 heteroatoms. The van der Waals surface area contributed by atoms with Gasteiger partial charge in [0.15, 0.2) is 0 Å². The summed E-state index contributed by atoms with van der Waals surface area (Å²) < 4.78 is 38.9.